The van der Waals surface area contributed by atoms with E-state index in [1.165, 1.54) is 0 Å². The van der Waals surface area contributed by atoms with Crippen LogP contribution in [0.15, 0.2) is 30.5 Å². The van der Waals surface area contributed by atoms with Crippen LogP contribution in [-0.4, -0.2) is 19.3 Å². The molecule has 0 aliphatic heterocycles. The second kappa shape index (κ2) is 4.03. The molecule has 0 amide bonds. The van der Waals surface area contributed by atoms with Gasteiger partial charge in [0.2, 0.25) is 5.95 Å². The summed E-state index contributed by atoms with van der Waals surface area (Å²) >= 11 is 6.10. The molecule has 0 fully saturated rings. The van der Waals surface area contributed by atoms with Crippen molar-refractivity contribution >= 4 is 28.6 Å². The lowest BCUT2D eigenvalue weighted by atomic mass is 10.3. The molecule has 0 radical (unpaired) electrons. The molecule has 18 heavy (non-hydrogen) atoms. The van der Waals surface area contributed by atoms with Crippen molar-refractivity contribution in [3.8, 4) is 0 Å². The summed E-state index contributed by atoms with van der Waals surface area (Å²) in [7, 11) is 1.88. The average Bonchev–Trinajstić information content (AvgIpc) is 2.87. The lowest BCUT2D eigenvalue weighted by Crippen LogP contribution is -2.05. The summed E-state index contributed by atoms with van der Waals surface area (Å²) in [6.45, 7) is 0.587. The quantitative estimate of drug-likeness (QED) is 0.768. The van der Waals surface area contributed by atoms with Crippen molar-refractivity contribution in [3.63, 3.8) is 0 Å². The number of imidazole rings is 1. The molecule has 3 aromatic rings. The molecule has 1 aromatic carbocycles. The number of hydrogen-bond acceptors (Lipinski definition) is 3. The van der Waals surface area contributed by atoms with E-state index in [4.69, 9.17) is 17.3 Å². The minimum Gasteiger partial charge on any atom is -0.369 e. The zero-order valence-corrected chi connectivity index (χ0v) is 10.6. The zero-order chi connectivity index (χ0) is 12.7. The highest BCUT2D eigenvalue weighted by Gasteiger charge is 2.11. The Hall–Kier alpha value is -2.01. The lowest BCUT2D eigenvalue weighted by molar-refractivity contribution is 0.717. The number of aromatic nitrogens is 4. The van der Waals surface area contributed by atoms with Crippen LogP contribution in [0.5, 0.6) is 0 Å². The summed E-state index contributed by atoms with van der Waals surface area (Å²) in [5, 5.41) is 4.95. The summed E-state index contributed by atoms with van der Waals surface area (Å²) in [4.78, 5) is 4.29. The molecular formula is C12H12ClN5. The third-order valence-corrected chi connectivity index (χ3v) is 3.15. The van der Waals surface area contributed by atoms with Crippen molar-refractivity contribution in [1.82, 2.24) is 19.3 Å². The van der Waals surface area contributed by atoms with Gasteiger partial charge in [-0.1, -0.05) is 17.7 Å². The standard InChI is InChI=1S/C12H12ClN5/c1-17-6-5-8(16-17)7-18-10-4-2-3-9(13)11(10)15-12(18)14/h2-6H,7H2,1H3,(H2,14,15). The molecule has 92 valence electrons. The maximum absolute atomic E-state index is 6.10. The van der Waals surface area contributed by atoms with E-state index in [-0.39, 0.29) is 0 Å². The summed E-state index contributed by atoms with van der Waals surface area (Å²) in [5.41, 5.74) is 8.52. The van der Waals surface area contributed by atoms with Crippen LogP contribution in [0.3, 0.4) is 0 Å². The Kier molecular flexibility index (Phi) is 2.48. The molecule has 0 unspecified atom stereocenters. The zero-order valence-electron chi connectivity index (χ0n) is 9.84. The van der Waals surface area contributed by atoms with E-state index in [2.05, 4.69) is 10.1 Å². The van der Waals surface area contributed by atoms with Crippen molar-refractivity contribution in [3.05, 3.63) is 41.2 Å². The Balaban J connectivity index is 2.11. The van der Waals surface area contributed by atoms with Crippen molar-refractivity contribution in [2.45, 2.75) is 6.54 Å². The first-order valence-corrected chi connectivity index (χ1v) is 5.91. The minimum atomic E-state index is 0.448. The highest BCUT2D eigenvalue weighted by molar-refractivity contribution is 6.35. The molecule has 2 N–H and O–H groups in total. The highest BCUT2D eigenvalue weighted by Crippen LogP contribution is 2.25. The first-order chi connectivity index (χ1) is 8.65. The van der Waals surface area contributed by atoms with Crippen molar-refractivity contribution in [2.75, 3.05) is 5.73 Å². The van der Waals surface area contributed by atoms with E-state index in [0.29, 0.717) is 17.5 Å². The second-order valence-corrected chi connectivity index (χ2v) is 4.55. The molecular weight excluding hydrogens is 250 g/mol. The van der Waals surface area contributed by atoms with Gasteiger partial charge in [-0.15, -0.1) is 0 Å². The maximum atomic E-state index is 6.10. The van der Waals surface area contributed by atoms with Gasteiger partial charge in [-0.25, -0.2) is 4.98 Å². The number of para-hydroxylation sites is 1. The number of anilines is 1. The van der Waals surface area contributed by atoms with Gasteiger partial charge in [0.05, 0.1) is 22.8 Å². The smallest absolute Gasteiger partial charge is 0.201 e. The fourth-order valence-corrected chi connectivity index (χ4v) is 2.22. The van der Waals surface area contributed by atoms with Gasteiger partial charge in [0.1, 0.15) is 5.52 Å². The molecule has 6 heteroatoms. The van der Waals surface area contributed by atoms with Crippen LogP contribution in [0.4, 0.5) is 5.95 Å². The monoisotopic (exact) mass is 261 g/mol. The van der Waals surface area contributed by atoms with E-state index in [9.17, 15) is 0 Å². The average molecular weight is 262 g/mol. The third kappa shape index (κ3) is 1.73. The molecule has 3 rings (SSSR count). The van der Waals surface area contributed by atoms with E-state index >= 15 is 0 Å². The molecule has 0 spiro atoms. The first kappa shape index (κ1) is 11.1. The lowest BCUT2D eigenvalue weighted by Gasteiger charge is -2.03. The number of rotatable bonds is 2. The van der Waals surface area contributed by atoms with Gasteiger partial charge in [0.15, 0.2) is 0 Å². The SMILES string of the molecule is Cn1ccc(Cn2c(N)nc3c(Cl)cccc32)n1. The molecule has 2 aromatic heterocycles. The van der Waals surface area contributed by atoms with Crippen molar-refractivity contribution in [2.24, 2.45) is 7.05 Å². The Labute approximate surface area is 109 Å². The van der Waals surface area contributed by atoms with Gasteiger partial charge >= 0.3 is 0 Å². The van der Waals surface area contributed by atoms with E-state index in [1.807, 2.05) is 36.0 Å². The van der Waals surface area contributed by atoms with Crippen LogP contribution >= 0.6 is 11.6 Å². The molecule has 0 saturated heterocycles. The van der Waals surface area contributed by atoms with E-state index < -0.39 is 0 Å². The van der Waals surface area contributed by atoms with Crippen LogP contribution in [0, 0.1) is 0 Å². The largest absolute Gasteiger partial charge is 0.369 e. The summed E-state index contributed by atoms with van der Waals surface area (Å²) < 4.78 is 3.67. The van der Waals surface area contributed by atoms with Crippen LogP contribution in [0.1, 0.15) is 5.69 Å². The molecule has 0 bridgehead atoms. The van der Waals surface area contributed by atoms with Crippen LogP contribution in [0.2, 0.25) is 5.02 Å². The number of halogens is 1. The predicted octanol–water partition coefficient (Wildman–Crippen LogP) is 2.05. The van der Waals surface area contributed by atoms with Gasteiger partial charge in [-0.2, -0.15) is 5.10 Å². The Bertz CT molecular complexity index is 712. The van der Waals surface area contributed by atoms with E-state index in [0.717, 1.165) is 16.7 Å². The number of hydrogen-bond donors (Lipinski definition) is 1. The van der Waals surface area contributed by atoms with Gasteiger partial charge in [-0.05, 0) is 18.2 Å². The normalized spacial score (nSPS) is 11.2. The van der Waals surface area contributed by atoms with Crippen LogP contribution in [0.25, 0.3) is 11.0 Å². The number of nitrogen functional groups attached to an aromatic ring is 1. The first-order valence-electron chi connectivity index (χ1n) is 5.54. The third-order valence-electron chi connectivity index (χ3n) is 2.85. The Morgan fingerprint density at radius 2 is 2.17 bits per heavy atom. The number of fused-ring (bicyclic) bond motifs is 1. The molecule has 5 nitrogen and oxygen atoms in total. The minimum absolute atomic E-state index is 0.448. The molecule has 0 aliphatic carbocycles. The van der Waals surface area contributed by atoms with E-state index in [1.54, 1.807) is 10.7 Å². The molecule has 2 heterocycles. The van der Waals surface area contributed by atoms with Crippen molar-refractivity contribution in [1.29, 1.82) is 0 Å². The fourth-order valence-electron chi connectivity index (χ4n) is 2.01. The van der Waals surface area contributed by atoms with Gasteiger partial charge < -0.3 is 10.3 Å². The van der Waals surface area contributed by atoms with Gasteiger partial charge in [-0.3, -0.25) is 4.68 Å². The number of aryl methyl sites for hydroxylation is 1. The molecule has 0 atom stereocenters. The summed E-state index contributed by atoms with van der Waals surface area (Å²) in [5.74, 6) is 0.448. The van der Waals surface area contributed by atoms with Crippen LogP contribution < -0.4 is 5.73 Å². The Morgan fingerprint density at radius 1 is 1.33 bits per heavy atom. The van der Waals surface area contributed by atoms with Gasteiger partial charge in [0.25, 0.3) is 0 Å². The topological polar surface area (TPSA) is 61.7 Å². The predicted molar refractivity (Wildman–Crippen MR) is 71.5 cm³/mol. The number of nitrogens with two attached hydrogens (primary N) is 1. The van der Waals surface area contributed by atoms with Crippen molar-refractivity contribution < 1.29 is 0 Å². The molecule has 0 saturated carbocycles. The summed E-state index contributed by atoms with van der Waals surface area (Å²) in [6.07, 6.45) is 1.90. The van der Waals surface area contributed by atoms with Crippen LogP contribution in [-0.2, 0) is 13.6 Å². The second-order valence-electron chi connectivity index (χ2n) is 4.14. The van der Waals surface area contributed by atoms with Gasteiger partial charge in [0, 0.05) is 13.2 Å². The number of nitrogens with zero attached hydrogens (tertiary/aromatic N) is 4. The fraction of sp³-hybridized carbons (Fsp3) is 0.167. The Morgan fingerprint density at radius 3 is 2.89 bits per heavy atom. The number of benzene rings is 1. The summed E-state index contributed by atoms with van der Waals surface area (Å²) in [6, 6.07) is 7.60. The maximum Gasteiger partial charge on any atom is 0.201 e. The highest BCUT2D eigenvalue weighted by atomic mass is 35.5. The molecule has 0 aliphatic rings.